The Bertz CT molecular complexity index is 515. The number of sulfone groups is 1. The Labute approximate surface area is 119 Å². The first-order valence-corrected chi connectivity index (χ1v) is 8.41. The van der Waals surface area contributed by atoms with Gasteiger partial charge in [0.05, 0.1) is 10.8 Å². The molecule has 0 aliphatic carbocycles. The van der Waals surface area contributed by atoms with Crippen molar-refractivity contribution in [1.82, 2.24) is 0 Å². The Balaban J connectivity index is 2.60. The van der Waals surface area contributed by atoms with Gasteiger partial charge in [0.2, 0.25) is 0 Å². The monoisotopic (exact) mass is 305 g/mol. The predicted octanol–water partition coefficient (Wildman–Crippen LogP) is 2.04. The largest absolute Gasteiger partial charge is 0.491 e. The molecule has 0 spiro atoms. The molecule has 1 atom stereocenters. The van der Waals surface area contributed by atoms with Gasteiger partial charge in [0.25, 0.3) is 0 Å². The lowest BCUT2D eigenvalue weighted by molar-refractivity contribution is 0.341. The minimum absolute atomic E-state index is 0.00140. The van der Waals surface area contributed by atoms with Crippen LogP contribution in [-0.4, -0.2) is 32.6 Å². The molecule has 1 aromatic rings. The van der Waals surface area contributed by atoms with Crippen LogP contribution in [0.3, 0.4) is 0 Å². The maximum Gasteiger partial charge on any atom is 0.153 e. The van der Waals surface area contributed by atoms with Gasteiger partial charge in [-0.15, -0.1) is 0 Å². The number of ether oxygens (including phenoxy) is 1. The number of nitrogens with two attached hydrogens (primary N) is 1. The fraction of sp³-hybridized carbons (Fsp3) is 0.538. The number of rotatable bonds is 7. The molecule has 0 aliphatic heterocycles. The average Bonchev–Trinajstić information content (AvgIpc) is 2.31. The minimum Gasteiger partial charge on any atom is -0.491 e. The predicted molar refractivity (Wildman–Crippen MR) is 78.6 cm³/mol. The van der Waals surface area contributed by atoms with E-state index in [1.54, 1.807) is 19.1 Å². The van der Waals surface area contributed by atoms with E-state index in [-0.39, 0.29) is 24.2 Å². The summed E-state index contributed by atoms with van der Waals surface area (Å²) in [5.41, 5.74) is 6.75. The molecule has 2 N–H and O–H groups in total. The second-order valence-electron chi connectivity index (χ2n) is 4.53. The van der Waals surface area contributed by atoms with Crippen LogP contribution in [-0.2, 0) is 16.3 Å². The molecule has 0 bridgehead atoms. The number of halogens is 1. The van der Waals surface area contributed by atoms with Gasteiger partial charge < -0.3 is 10.5 Å². The lowest BCUT2D eigenvalue weighted by Crippen LogP contribution is -2.18. The van der Waals surface area contributed by atoms with Crippen molar-refractivity contribution in [2.24, 2.45) is 5.73 Å². The summed E-state index contributed by atoms with van der Waals surface area (Å²) in [5, 5.41) is 0.479. The highest BCUT2D eigenvalue weighted by Crippen LogP contribution is 2.25. The average molecular weight is 306 g/mol. The molecule has 0 heterocycles. The smallest absolute Gasteiger partial charge is 0.153 e. The maximum absolute atomic E-state index is 11.3. The van der Waals surface area contributed by atoms with Crippen LogP contribution < -0.4 is 10.5 Å². The van der Waals surface area contributed by atoms with Crippen molar-refractivity contribution >= 4 is 21.4 Å². The molecule has 108 valence electrons. The molecule has 0 fully saturated rings. The third-order valence-electron chi connectivity index (χ3n) is 2.65. The van der Waals surface area contributed by atoms with Gasteiger partial charge >= 0.3 is 0 Å². The lowest BCUT2D eigenvalue weighted by atomic mass is 10.1. The van der Waals surface area contributed by atoms with E-state index in [1.165, 1.54) is 0 Å². The van der Waals surface area contributed by atoms with Gasteiger partial charge in [-0.25, -0.2) is 8.42 Å². The van der Waals surface area contributed by atoms with E-state index < -0.39 is 9.84 Å². The van der Waals surface area contributed by atoms with Gasteiger partial charge in [-0.05, 0) is 31.0 Å². The molecule has 0 aliphatic rings. The molecule has 19 heavy (non-hydrogen) atoms. The topological polar surface area (TPSA) is 69.4 Å². The van der Waals surface area contributed by atoms with Gasteiger partial charge in [-0.3, -0.25) is 0 Å². The fourth-order valence-corrected chi connectivity index (χ4v) is 2.47. The molecule has 1 unspecified atom stereocenters. The molecule has 6 heteroatoms. The molecule has 0 saturated heterocycles. The molecule has 0 amide bonds. The van der Waals surface area contributed by atoms with Crippen LogP contribution in [0, 0.1) is 0 Å². The Morgan fingerprint density at radius 1 is 1.42 bits per heavy atom. The highest BCUT2D eigenvalue weighted by Gasteiger charge is 2.09. The molecule has 0 radical (unpaired) electrons. The molecule has 0 saturated carbocycles. The first kappa shape index (κ1) is 16.3. The van der Waals surface area contributed by atoms with Gasteiger partial charge in [0.1, 0.15) is 12.4 Å². The molecule has 0 aromatic heterocycles. The van der Waals surface area contributed by atoms with Crippen LogP contribution in [0.25, 0.3) is 0 Å². The normalized spacial score (nSPS) is 13.3. The first-order valence-electron chi connectivity index (χ1n) is 6.21. The van der Waals surface area contributed by atoms with Crippen molar-refractivity contribution in [2.75, 3.05) is 18.1 Å². The Hall–Kier alpha value is -0.780. The highest BCUT2D eigenvalue weighted by atomic mass is 35.5. The van der Waals surface area contributed by atoms with Crippen LogP contribution in [0.5, 0.6) is 5.75 Å². The van der Waals surface area contributed by atoms with Crippen molar-refractivity contribution in [1.29, 1.82) is 0 Å². The van der Waals surface area contributed by atoms with E-state index in [1.807, 2.05) is 13.0 Å². The quantitative estimate of drug-likeness (QED) is 0.837. The van der Waals surface area contributed by atoms with Gasteiger partial charge in [0.15, 0.2) is 9.84 Å². The van der Waals surface area contributed by atoms with Crippen molar-refractivity contribution in [2.45, 2.75) is 26.3 Å². The van der Waals surface area contributed by atoms with Crippen LogP contribution in [0.4, 0.5) is 0 Å². The highest BCUT2D eigenvalue weighted by molar-refractivity contribution is 7.91. The number of hydrogen-bond donors (Lipinski definition) is 1. The maximum atomic E-state index is 11.3. The molecular weight excluding hydrogens is 286 g/mol. The first-order chi connectivity index (χ1) is 8.84. The molecule has 1 aromatic carbocycles. The van der Waals surface area contributed by atoms with Gasteiger partial charge in [0, 0.05) is 11.8 Å². The standard InChI is InChI=1S/C13H20ClNO3S/c1-3-19(16,17)7-6-18-13-5-4-11(8-10(2)15)9-12(13)14/h4-5,9-10H,3,6-8,15H2,1-2H3. The van der Waals surface area contributed by atoms with Crippen molar-refractivity contribution < 1.29 is 13.2 Å². The zero-order chi connectivity index (χ0) is 14.5. The van der Waals surface area contributed by atoms with Crippen LogP contribution in [0.1, 0.15) is 19.4 Å². The lowest BCUT2D eigenvalue weighted by Gasteiger charge is -2.10. The van der Waals surface area contributed by atoms with Crippen LogP contribution in [0.15, 0.2) is 18.2 Å². The fourth-order valence-electron chi connectivity index (χ4n) is 1.58. The SMILES string of the molecule is CCS(=O)(=O)CCOc1ccc(CC(C)N)cc1Cl. The summed E-state index contributed by atoms with van der Waals surface area (Å²) < 4.78 is 28.0. The van der Waals surface area contributed by atoms with Crippen molar-refractivity contribution in [3.05, 3.63) is 28.8 Å². The molecular formula is C13H20ClNO3S. The zero-order valence-corrected chi connectivity index (χ0v) is 12.8. The Morgan fingerprint density at radius 3 is 2.63 bits per heavy atom. The summed E-state index contributed by atoms with van der Waals surface area (Å²) in [7, 11) is -3.01. The van der Waals surface area contributed by atoms with Crippen LogP contribution >= 0.6 is 11.6 Å². The second-order valence-corrected chi connectivity index (χ2v) is 7.41. The van der Waals surface area contributed by atoms with E-state index in [0.717, 1.165) is 12.0 Å². The molecule has 4 nitrogen and oxygen atoms in total. The summed E-state index contributed by atoms with van der Waals surface area (Å²) in [6.45, 7) is 3.65. The minimum atomic E-state index is -3.01. The van der Waals surface area contributed by atoms with E-state index in [2.05, 4.69) is 0 Å². The Kier molecular flexibility index (Phi) is 6.10. The third-order valence-corrected chi connectivity index (χ3v) is 4.61. The van der Waals surface area contributed by atoms with Crippen molar-refractivity contribution in [3.8, 4) is 5.75 Å². The third kappa shape index (κ3) is 5.80. The summed E-state index contributed by atoms with van der Waals surface area (Å²) in [5.74, 6) is 0.625. The van der Waals surface area contributed by atoms with Crippen molar-refractivity contribution in [3.63, 3.8) is 0 Å². The number of benzene rings is 1. The summed E-state index contributed by atoms with van der Waals surface area (Å²) >= 11 is 6.08. The van der Waals surface area contributed by atoms with Gasteiger partial charge in [-0.2, -0.15) is 0 Å². The number of hydrogen-bond acceptors (Lipinski definition) is 4. The van der Waals surface area contributed by atoms with Gasteiger partial charge in [-0.1, -0.05) is 24.6 Å². The molecule has 1 rings (SSSR count). The summed E-state index contributed by atoms with van der Waals surface area (Å²) in [6.07, 6.45) is 0.740. The van der Waals surface area contributed by atoms with E-state index in [9.17, 15) is 8.42 Å². The Morgan fingerprint density at radius 2 is 2.11 bits per heavy atom. The summed E-state index contributed by atoms with van der Waals surface area (Å²) in [4.78, 5) is 0. The van der Waals surface area contributed by atoms with E-state index in [0.29, 0.717) is 10.8 Å². The second kappa shape index (κ2) is 7.12. The zero-order valence-electron chi connectivity index (χ0n) is 11.2. The van der Waals surface area contributed by atoms with E-state index >= 15 is 0 Å². The summed E-state index contributed by atoms with van der Waals surface area (Å²) in [6, 6.07) is 5.50. The van der Waals surface area contributed by atoms with E-state index in [4.69, 9.17) is 22.1 Å². The van der Waals surface area contributed by atoms with Crippen LogP contribution in [0.2, 0.25) is 5.02 Å².